The quantitative estimate of drug-likeness (QED) is 0.812. The Hall–Kier alpha value is -1.55. The molecule has 0 radical (unpaired) electrons. The Bertz CT molecular complexity index is 800. The molecule has 2 aromatic rings. The SMILES string of the molecule is O=S(=O)(N1CCOCC1)N1CCC[C@H]1c1nnc2ccccn12. The van der Waals surface area contributed by atoms with Gasteiger partial charge in [0.2, 0.25) is 0 Å². The Morgan fingerprint density at radius 3 is 2.78 bits per heavy atom. The van der Waals surface area contributed by atoms with Gasteiger partial charge in [0.25, 0.3) is 10.2 Å². The Morgan fingerprint density at radius 1 is 1.13 bits per heavy atom. The molecule has 0 aromatic carbocycles. The van der Waals surface area contributed by atoms with Crippen LogP contribution in [0.15, 0.2) is 24.4 Å². The van der Waals surface area contributed by atoms with E-state index in [1.54, 1.807) is 4.31 Å². The van der Waals surface area contributed by atoms with Gasteiger partial charge in [0.05, 0.1) is 19.3 Å². The maximum absolute atomic E-state index is 13.0. The molecule has 0 aliphatic carbocycles. The third kappa shape index (κ3) is 2.53. The molecular weight excluding hydrogens is 318 g/mol. The van der Waals surface area contributed by atoms with E-state index in [0.717, 1.165) is 18.5 Å². The molecule has 0 amide bonds. The van der Waals surface area contributed by atoms with Gasteiger partial charge in [-0.1, -0.05) is 6.07 Å². The van der Waals surface area contributed by atoms with Crippen molar-refractivity contribution in [2.24, 2.45) is 0 Å². The lowest BCUT2D eigenvalue weighted by Gasteiger charge is -2.32. The van der Waals surface area contributed by atoms with E-state index in [1.165, 1.54) is 4.31 Å². The molecule has 0 spiro atoms. The second kappa shape index (κ2) is 5.82. The van der Waals surface area contributed by atoms with Crippen LogP contribution >= 0.6 is 0 Å². The third-order valence-corrected chi connectivity index (χ3v) is 6.48. The smallest absolute Gasteiger partial charge is 0.282 e. The standard InChI is InChI=1S/C14H19N5O3S/c20-23(21,17-8-10-22-11-9-17)19-7-3-4-12(19)14-16-15-13-5-1-2-6-18(13)14/h1-2,5-6,12H,3-4,7-11H2/t12-/m0/s1. The summed E-state index contributed by atoms with van der Waals surface area (Å²) in [5, 5.41) is 8.40. The van der Waals surface area contributed by atoms with E-state index in [-0.39, 0.29) is 6.04 Å². The first kappa shape index (κ1) is 15.0. The summed E-state index contributed by atoms with van der Waals surface area (Å²) in [6.07, 6.45) is 3.47. The molecule has 8 nitrogen and oxygen atoms in total. The summed E-state index contributed by atoms with van der Waals surface area (Å²) in [4.78, 5) is 0. The van der Waals surface area contributed by atoms with Crippen LogP contribution in [0.5, 0.6) is 0 Å². The van der Waals surface area contributed by atoms with Gasteiger partial charge in [0.15, 0.2) is 11.5 Å². The number of rotatable bonds is 3. The predicted octanol–water partition coefficient (Wildman–Crippen LogP) is 0.443. The summed E-state index contributed by atoms with van der Waals surface area (Å²) in [6, 6.07) is 5.40. The van der Waals surface area contributed by atoms with Gasteiger partial charge in [0, 0.05) is 25.8 Å². The molecule has 23 heavy (non-hydrogen) atoms. The largest absolute Gasteiger partial charge is 0.379 e. The zero-order chi connectivity index (χ0) is 15.9. The zero-order valence-corrected chi connectivity index (χ0v) is 13.5. The van der Waals surface area contributed by atoms with Crippen LogP contribution in [0.2, 0.25) is 0 Å². The average molecular weight is 337 g/mol. The van der Waals surface area contributed by atoms with Crippen LogP contribution in [0.1, 0.15) is 24.7 Å². The molecular formula is C14H19N5O3S. The van der Waals surface area contributed by atoms with Crippen LogP contribution in [0, 0.1) is 0 Å². The number of nitrogens with zero attached hydrogens (tertiary/aromatic N) is 5. The summed E-state index contributed by atoms with van der Waals surface area (Å²) >= 11 is 0. The molecule has 2 saturated heterocycles. The lowest BCUT2D eigenvalue weighted by molar-refractivity contribution is 0.0698. The Balaban J connectivity index is 1.69. The minimum absolute atomic E-state index is 0.264. The van der Waals surface area contributed by atoms with Gasteiger partial charge in [-0.15, -0.1) is 10.2 Å². The van der Waals surface area contributed by atoms with Crippen molar-refractivity contribution < 1.29 is 13.2 Å². The lowest BCUT2D eigenvalue weighted by atomic mass is 10.2. The highest BCUT2D eigenvalue weighted by Gasteiger charge is 2.41. The van der Waals surface area contributed by atoms with Crippen molar-refractivity contribution in [2.75, 3.05) is 32.8 Å². The van der Waals surface area contributed by atoms with Crippen LogP contribution in [0.25, 0.3) is 5.65 Å². The lowest BCUT2D eigenvalue weighted by Crippen LogP contribution is -2.48. The summed E-state index contributed by atoms with van der Waals surface area (Å²) in [6.45, 7) is 2.24. The molecule has 0 bridgehead atoms. The molecule has 4 heterocycles. The molecule has 4 rings (SSSR count). The molecule has 0 saturated carbocycles. The number of morpholine rings is 1. The highest BCUT2D eigenvalue weighted by Crippen LogP contribution is 2.34. The van der Waals surface area contributed by atoms with Gasteiger partial charge in [0.1, 0.15) is 0 Å². The van der Waals surface area contributed by atoms with Crippen molar-refractivity contribution in [3.63, 3.8) is 0 Å². The van der Waals surface area contributed by atoms with Gasteiger partial charge >= 0.3 is 0 Å². The number of aromatic nitrogens is 3. The van der Waals surface area contributed by atoms with E-state index in [9.17, 15) is 8.42 Å². The Morgan fingerprint density at radius 2 is 1.96 bits per heavy atom. The maximum atomic E-state index is 13.0. The fourth-order valence-electron chi connectivity index (χ4n) is 3.29. The van der Waals surface area contributed by atoms with E-state index in [1.807, 2.05) is 28.8 Å². The molecule has 2 aromatic heterocycles. The highest BCUT2D eigenvalue weighted by molar-refractivity contribution is 7.86. The Kier molecular flexibility index (Phi) is 3.80. The minimum Gasteiger partial charge on any atom is -0.379 e. The van der Waals surface area contributed by atoms with Crippen LogP contribution in [0.4, 0.5) is 0 Å². The minimum atomic E-state index is -3.50. The van der Waals surface area contributed by atoms with Gasteiger partial charge in [-0.25, -0.2) is 0 Å². The summed E-state index contributed by atoms with van der Waals surface area (Å²) in [5.41, 5.74) is 0.734. The first-order valence-electron chi connectivity index (χ1n) is 7.82. The van der Waals surface area contributed by atoms with Crippen LogP contribution < -0.4 is 0 Å². The second-order valence-corrected chi connectivity index (χ2v) is 7.66. The predicted molar refractivity (Wildman–Crippen MR) is 83.0 cm³/mol. The second-order valence-electron chi connectivity index (χ2n) is 5.77. The van der Waals surface area contributed by atoms with Crippen molar-refractivity contribution in [3.8, 4) is 0 Å². The van der Waals surface area contributed by atoms with Gasteiger partial charge in [-0.2, -0.15) is 17.0 Å². The third-order valence-electron chi connectivity index (χ3n) is 4.43. The first-order valence-corrected chi connectivity index (χ1v) is 9.22. The Labute approximate surface area is 134 Å². The molecule has 124 valence electrons. The number of hydrogen-bond donors (Lipinski definition) is 0. The first-order chi connectivity index (χ1) is 11.2. The monoisotopic (exact) mass is 337 g/mol. The van der Waals surface area contributed by atoms with Gasteiger partial charge in [-0.05, 0) is 25.0 Å². The average Bonchev–Trinajstić information content (AvgIpc) is 3.22. The van der Waals surface area contributed by atoms with E-state index in [4.69, 9.17) is 4.74 Å². The van der Waals surface area contributed by atoms with Crippen molar-refractivity contribution >= 4 is 15.9 Å². The maximum Gasteiger partial charge on any atom is 0.282 e. The summed E-state index contributed by atoms with van der Waals surface area (Å²) in [7, 11) is -3.50. The fraction of sp³-hybridized carbons (Fsp3) is 0.571. The topological polar surface area (TPSA) is 80.0 Å². The molecule has 0 unspecified atom stereocenters. The fourth-order valence-corrected chi connectivity index (χ4v) is 5.08. The van der Waals surface area contributed by atoms with Crippen LogP contribution in [-0.4, -0.2) is 64.5 Å². The number of hydrogen-bond acceptors (Lipinski definition) is 5. The summed E-state index contributed by atoms with van der Waals surface area (Å²) < 4.78 is 36.2. The summed E-state index contributed by atoms with van der Waals surface area (Å²) in [5.74, 6) is 0.690. The molecule has 2 fully saturated rings. The van der Waals surface area contributed by atoms with E-state index in [2.05, 4.69) is 10.2 Å². The molecule has 2 aliphatic rings. The van der Waals surface area contributed by atoms with Crippen molar-refractivity contribution in [1.82, 2.24) is 23.2 Å². The normalized spacial score (nSPS) is 24.4. The molecule has 9 heteroatoms. The van der Waals surface area contributed by atoms with E-state index in [0.29, 0.717) is 38.7 Å². The molecule has 2 aliphatic heterocycles. The molecule has 0 N–H and O–H groups in total. The van der Waals surface area contributed by atoms with Crippen molar-refractivity contribution in [2.45, 2.75) is 18.9 Å². The van der Waals surface area contributed by atoms with Crippen molar-refractivity contribution in [3.05, 3.63) is 30.2 Å². The van der Waals surface area contributed by atoms with E-state index < -0.39 is 10.2 Å². The molecule has 1 atom stereocenters. The van der Waals surface area contributed by atoms with Gasteiger partial charge < -0.3 is 4.74 Å². The number of pyridine rings is 1. The van der Waals surface area contributed by atoms with Crippen LogP contribution in [-0.2, 0) is 14.9 Å². The van der Waals surface area contributed by atoms with E-state index >= 15 is 0 Å². The number of ether oxygens (including phenoxy) is 1. The number of fused-ring (bicyclic) bond motifs is 1. The van der Waals surface area contributed by atoms with Crippen molar-refractivity contribution in [1.29, 1.82) is 0 Å². The van der Waals surface area contributed by atoms with Crippen LogP contribution in [0.3, 0.4) is 0 Å². The van der Waals surface area contributed by atoms with Gasteiger partial charge in [-0.3, -0.25) is 4.40 Å². The zero-order valence-electron chi connectivity index (χ0n) is 12.7. The highest BCUT2D eigenvalue weighted by atomic mass is 32.2.